The number of ether oxygens (including phenoxy) is 1. The molecule has 1 heterocycles. The van der Waals surface area contributed by atoms with Crippen LogP contribution in [0.15, 0.2) is 42.6 Å². The molecule has 1 aromatic carbocycles. The molecule has 2 rings (SSSR count). The molecule has 0 aliphatic carbocycles. The molecule has 0 atom stereocenters. The molecule has 0 bridgehead atoms. The molecule has 1 amide bonds. The van der Waals surface area contributed by atoms with Crippen molar-refractivity contribution in [3.8, 4) is 11.8 Å². The van der Waals surface area contributed by atoms with Crippen molar-refractivity contribution in [2.45, 2.75) is 6.54 Å². The highest BCUT2D eigenvalue weighted by molar-refractivity contribution is 5.90. The van der Waals surface area contributed by atoms with E-state index in [1.807, 2.05) is 24.3 Å². The van der Waals surface area contributed by atoms with E-state index in [0.717, 1.165) is 0 Å². The van der Waals surface area contributed by atoms with Crippen LogP contribution in [0.2, 0.25) is 0 Å². The largest absolute Gasteiger partial charge is 0.484 e. The summed E-state index contributed by atoms with van der Waals surface area (Å²) in [6.07, 6.45) is 1.62. The van der Waals surface area contributed by atoms with Gasteiger partial charge >= 0.3 is 0 Å². The van der Waals surface area contributed by atoms with Crippen LogP contribution in [0.25, 0.3) is 0 Å². The number of para-hydroxylation sites is 1. The molecule has 0 radical (unpaired) electrons. The minimum Gasteiger partial charge on any atom is -0.484 e. The minimum atomic E-state index is -0.300. The van der Waals surface area contributed by atoms with Crippen molar-refractivity contribution >= 4 is 11.7 Å². The van der Waals surface area contributed by atoms with Crippen LogP contribution in [0.3, 0.4) is 0 Å². The summed E-state index contributed by atoms with van der Waals surface area (Å²) in [6, 6.07) is 12.7. The Bertz CT molecular complexity index is 586. The average Bonchev–Trinajstić information content (AvgIpc) is 2.85. The summed E-state index contributed by atoms with van der Waals surface area (Å²) in [5.74, 6) is 0.732. The molecule has 0 saturated carbocycles. The van der Waals surface area contributed by atoms with Gasteiger partial charge in [-0.2, -0.15) is 10.4 Å². The lowest BCUT2D eigenvalue weighted by atomic mass is 10.3. The van der Waals surface area contributed by atoms with Crippen molar-refractivity contribution in [2.75, 3.05) is 11.9 Å². The van der Waals surface area contributed by atoms with Gasteiger partial charge in [0.2, 0.25) is 0 Å². The zero-order chi connectivity index (χ0) is 13.5. The highest BCUT2D eigenvalue weighted by Gasteiger charge is 2.05. The molecule has 0 fully saturated rings. The number of aromatic nitrogens is 2. The van der Waals surface area contributed by atoms with Crippen LogP contribution < -0.4 is 10.1 Å². The number of nitrogens with one attached hydrogen (secondary N) is 1. The first-order valence-corrected chi connectivity index (χ1v) is 5.66. The summed E-state index contributed by atoms with van der Waals surface area (Å²) in [6.45, 7) is 0.0610. The molecular formula is C13H12N4O2. The lowest BCUT2D eigenvalue weighted by Gasteiger charge is -2.05. The molecule has 6 heteroatoms. The van der Waals surface area contributed by atoms with Crippen LogP contribution in [0.4, 0.5) is 5.82 Å². The maximum absolute atomic E-state index is 11.6. The number of carbonyl (C=O) groups excluding carboxylic acids is 1. The van der Waals surface area contributed by atoms with E-state index in [-0.39, 0.29) is 19.1 Å². The van der Waals surface area contributed by atoms with E-state index < -0.39 is 0 Å². The first-order valence-electron chi connectivity index (χ1n) is 5.66. The number of anilines is 1. The number of hydrogen-bond acceptors (Lipinski definition) is 4. The Morgan fingerprint density at radius 1 is 1.37 bits per heavy atom. The van der Waals surface area contributed by atoms with Gasteiger partial charge in [-0.3, -0.25) is 9.48 Å². The van der Waals surface area contributed by atoms with Gasteiger partial charge in [0.05, 0.1) is 6.07 Å². The Kier molecular flexibility index (Phi) is 4.13. The van der Waals surface area contributed by atoms with Gasteiger partial charge in [-0.05, 0) is 12.1 Å². The molecule has 0 aliphatic rings. The van der Waals surface area contributed by atoms with Crippen LogP contribution in [-0.4, -0.2) is 22.3 Å². The van der Waals surface area contributed by atoms with Gasteiger partial charge in [-0.1, -0.05) is 18.2 Å². The molecule has 1 N–H and O–H groups in total. The van der Waals surface area contributed by atoms with E-state index in [1.54, 1.807) is 24.4 Å². The molecular weight excluding hydrogens is 244 g/mol. The molecule has 0 unspecified atom stereocenters. The Labute approximate surface area is 110 Å². The zero-order valence-corrected chi connectivity index (χ0v) is 10.1. The van der Waals surface area contributed by atoms with Crippen LogP contribution in [0, 0.1) is 11.3 Å². The van der Waals surface area contributed by atoms with Gasteiger partial charge < -0.3 is 10.1 Å². The molecule has 19 heavy (non-hydrogen) atoms. The van der Waals surface area contributed by atoms with Crippen molar-refractivity contribution in [3.05, 3.63) is 42.6 Å². The van der Waals surface area contributed by atoms with Gasteiger partial charge in [-0.15, -0.1) is 0 Å². The second-order valence-corrected chi connectivity index (χ2v) is 3.71. The Balaban J connectivity index is 1.82. The van der Waals surface area contributed by atoms with E-state index in [1.165, 1.54) is 4.68 Å². The van der Waals surface area contributed by atoms with E-state index in [4.69, 9.17) is 10.00 Å². The number of rotatable bonds is 5. The fraction of sp³-hybridized carbons (Fsp3) is 0.154. The predicted octanol–water partition coefficient (Wildman–Crippen LogP) is 1.42. The van der Waals surface area contributed by atoms with Gasteiger partial charge in [-0.25, -0.2) is 0 Å². The summed E-state index contributed by atoms with van der Waals surface area (Å²) in [7, 11) is 0. The van der Waals surface area contributed by atoms with Crippen molar-refractivity contribution in [1.29, 1.82) is 5.26 Å². The van der Waals surface area contributed by atoms with Gasteiger partial charge in [0.1, 0.15) is 12.3 Å². The van der Waals surface area contributed by atoms with E-state index in [2.05, 4.69) is 10.4 Å². The lowest BCUT2D eigenvalue weighted by molar-refractivity contribution is -0.118. The third-order valence-electron chi connectivity index (χ3n) is 2.25. The summed E-state index contributed by atoms with van der Waals surface area (Å²) in [5.41, 5.74) is 0. The fourth-order valence-corrected chi connectivity index (χ4v) is 1.43. The minimum absolute atomic E-state index is 0.0882. The maximum atomic E-state index is 11.6. The van der Waals surface area contributed by atoms with Crippen LogP contribution in [-0.2, 0) is 11.3 Å². The first-order chi connectivity index (χ1) is 9.28. The second kappa shape index (κ2) is 6.21. The summed E-state index contributed by atoms with van der Waals surface area (Å²) in [5, 5.41) is 15.1. The maximum Gasteiger partial charge on any atom is 0.263 e. The van der Waals surface area contributed by atoms with Crippen molar-refractivity contribution in [1.82, 2.24) is 9.78 Å². The summed E-state index contributed by atoms with van der Waals surface area (Å²) < 4.78 is 6.73. The first kappa shape index (κ1) is 12.6. The standard InChI is InChI=1S/C13H12N4O2/c14-7-9-17-8-6-12(16-17)15-13(18)10-19-11-4-2-1-3-5-11/h1-6,8H,9-10H2,(H,15,16,18). The number of benzene rings is 1. The van der Waals surface area contributed by atoms with E-state index >= 15 is 0 Å². The molecule has 1 aromatic heterocycles. The van der Waals surface area contributed by atoms with Gasteiger partial charge in [0, 0.05) is 12.3 Å². The lowest BCUT2D eigenvalue weighted by Crippen LogP contribution is -2.20. The van der Waals surface area contributed by atoms with Crippen molar-refractivity contribution in [3.63, 3.8) is 0 Å². The normalized spacial score (nSPS) is 9.63. The van der Waals surface area contributed by atoms with Crippen LogP contribution >= 0.6 is 0 Å². The van der Waals surface area contributed by atoms with Crippen LogP contribution in [0.5, 0.6) is 5.75 Å². The summed E-state index contributed by atoms with van der Waals surface area (Å²) in [4.78, 5) is 11.6. The average molecular weight is 256 g/mol. The molecule has 96 valence electrons. The number of amides is 1. The third kappa shape index (κ3) is 3.85. The highest BCUT2D eigenvalue weighted by atomic mass is 16.5. The summed E-state index contributed by atoms with van der Waals surface area (Å²) >= 11 is 0. The monoisotopic (exact) mass is 256 g/mol. The topological polar surface area (TPSA) is 79.9 Å². The van der Waals surface area contributed by atoms with Gasteiger partial charge in [0.25, 0.3) is 5.91 Å². The number of nitrogens with zero attached hydrogens (tertiary/aromatic N) is 3. The van der Waals surface area contributed by atoms with Crippen LogP contribution in [0.1, 0.15) is 0 Å². The highest BCUT2D eigenvalue weighted by Crippen LogP contribution is 2.08. The predicted molar refractivity (Wildman–Crippen MR) is 68.4 cm³/mol. The van der Waals surface area contributed by atoms with E-state index in [0.29, 0.717) is 11.6 Å². The quantitative estimate of drug-likeness (QED) is 0.877. The number of nitriles is 1. The molecule has 2 aromatic rings. The third-order valence-corrected chi connectivity index (χ3v) is 2.25. The molecule has 0 aliphatic heterocycles. The number of hydrogen-bond donors (Lipinski definition) is 1. The van der Waals surface area contributed by atoms with Gasteiger partial charge in [0.15, 0.2) is 12.4 Å². The zero-order valence-electron chi connectivity index (χ0n) is 10.1. The Morgan fingerprint density at radius 2 is 2.16 bits per heavy atom. The molecule has 0 spiro atoms. The molecule has 6 nitrogen and oxygen atoms in total. The van der Waals surface area contributed by atoms with Crippen molar-refractivity contribution < 1.29 is 9.53 Å². The molecule has 0 saturated heterocycles. The smallest absolute Gasteiger partial charge is 0.263 e. The SMILES string of the molecule is N#CCn1ccc(NC(=O)COc2ccccc2)n1. The second-order valence-electron chi connectivity index (χ2n) is 3.71. The Hall–Kier alpha value is -2.81. The van der Waals surface area contributed by atoms with Crippen molar-refractivity contribution in [2.24, 2.45) is 0 Å². The Morgan fingerprint density at radius 3 is 2.89 bits per heavy atom. The number of carbonyl (C=O) groups is 1. The fourth-order valence-electron chi connectivity index (χ4n) is 1.43. The van der Waals surface area contributed by atoms with E-state index in [9.17, 15) is 4.79 Å².